The quantitative estimate of drug-likeness (QED) is 0.636. The van der Waals surface area contributed by atoms with Gasteiger partial charge in [0.1, 0.15) is 0 Å². The van der Waals surface area contributed by atoms with Crippen molar-refractivity contribution in [1.29, 1.82) is 0 Å². The van der Waals surface area contributed by atoms with Crippen LogP contribution in [0.1, 0.15) is 6.92 Å². The van der Waals surface area contributed by atoms with Crippen LogP contribution >= 0.6 is 15.9 Å². The summed E-state index contributed by atoms with van der Waals surface area (Å²) in [6, 6.07) is 0. The number of alkyl halides is 1. The summed E-state index contributed by atoms with van der Waals surface area (Å²) in [6.07, 6.45) is 0. The Hall–Kier alpha value is 0.590. The Kier molecular flexibility index (Phi) is 6.14. The molecule has 0 heterocycles. The molecule has 0 bridgehead atoms. The molecule has 0 N–H and O–H groups in total. The van der Waals surface area contributed by atoms with Gasteiger partial charge in [0.2, 0.25) is 0 Å². The van der Waals surface area contributed by atoms with Crippen molar-refractivity contribution in [2.75, 3.05) is 17.7 Å². The monoisotopic (exact) mass is 200 g/mol. The molecule has 1 unspecified atom stereocenters. The first-order valence-electron chi connectivity index (χ1n) is 2.39. The summed E-state index contributed by atoms with van der Waals surface area (Å²) in [5.74, 6) is 0.577. The maximum atomic E-state index is 10.5. The van der Waals surface area contributed by atoms with E-state index in [0.29, 0.717) is 12.4 Å². The lowest BCUT2D eigenvalue weighted by molar-refractivity contribution is 0.372. The molecule has 0 aromatic heterocycles. The summed E-state index contributed by atoms with van der Waals surface area (Å²) in [6.45, 7) is 2.35. The van der Waals surface area contributed by atoms with Gasteiger partial charge in [-0.25, -0.2) is 4.21 Å². The van der Waals surface area contributed by atoms with E-state index >= 15 is 0 Å². The molecular weight excluding hydrogens is 192 g/mol. The number of hydrogen-bond donors (Lipinski definition) is 0. The summed E-state index contributed by atoms with van der Waals surface area (Å²) in [4.78, 5) is 0. The normalized spacial score (nSPS) is 13.8. The van der Waals surface area contributed by atoms with Crippen molar-refractivity contribution in [3.05, 3.63) is 0 Å². The fourth-order valence-electron chi connectivity index (χ4n) is 0.253. The molecule has 0 saturated carbocycles. The largest absolute Gasteiger partial charge is 0.291 e. The van der Waals surface area contributed by atoms with Crippen LogP contribution in [0.25, 0.3) is 0 Å². The molecule has 0 saturated heterocycles. The molecule has 4 heteroatoms. The second-order valence-corrected chi connectivity index (χ2v) is 3.15. The highest BCUT2D eigenvalue weighted by molar-refractivity contribution is 9.09. The van der Waals surface area contributed by atoms with Crippen LogP contribution < -0.4 is 0 Å². The summed E-state index contributed by atoms with van der Waals surface area (Å²) < 4.78 is 15.2. The maximum Gasteiger partial charge on any atom is 0.156 e. The van der Waals surface area contributed by atoms with Gasteiger partial charge in [0.05, 0.1) is 12.4 Å². The van der Waals surface area contributed by atoms with E-state index in [1.165, 1.54) is 0 Å². The summed E-state index contributed by atoms with van der Waals surface area (Å²) in [5.41, 5.74) is 0. The Morgan fingerprint density at radius 1 is 1.75 bits per heavy atom. The van der Waals surface area contributed by atoms with Crippen molar-refractivity contribution < 1.29 is 8.39 Å². The summed E-state index contributed by atoms with van der Waals surface area (Å²) >= 11 is 2.08. The fourth-order valence-corrected chi connectivity index (χ4v) is 1.55. The summed E-state index contributed by atoms with van der Waals surface area (Å²) in [5, 5.41) is 0.736. The molecule has 50 valence electrons. The minimum atomic E-state index is -1.07. The predicted octanol–water partition coefficient (Wildman–Crippen LogP) is 1.08. The van der Waals surface area contributed by atoms with E-state index in [0.717, 1.165) is 5.33 Å². The first-order valence-corrected chi connectivity index (χ1v) is 4.75. The molecule has 0 aliphatic carbocycles. The molecule has 0 aliphatic heterocycles. The minimum Gasteiger partial charge on any atom is -0.291 e. The van der Waals surface area contributed by atoms with Crippen LogP contribution in [0, 0.1) is 0 Å². The van der Waals surface area contributed by atoms with E-state index in [9.17, 15) is 4.21 Å². The van der Waals surface area contributed by atoms with E-state index in [-0.39, 0.29) is 0 Å². The first kappa shape index (κ1) is 8.59. The standard InChI is InChI=1S/C4H9BrO2S/c1-2-7-8(6)4-3-5/h2-4H2,1H3. The van der Waals surface area contributed by atoms with Gasteiger partial charge in [0, 0.05) is 5.33 Å². The molecule has 0 aromatic carbocycles. The van der Waals surface area contributed by atoms with E-state index in [1.54, 1.807) is 0 Å². The molecular formula is C4H9BrO2S. The van der Waals surface area contributed by atoms with Crippen molar-refractivity contribution in [3.8, 4) is 0 Å². The van der Waals surface area contributed by atoms with Gasteiger partial charge in [-0.15, -0.1) is 0 Å². The predicted molar refractivity (Wildman–Crippen MR) is 38.4 cm³/mol. The third-order valence-electron chi connectivity index (χ3n) is 0.493. The van der Waals surface area contributed by atoms with Gasteiger partial charge in [0.25, 0.3) is 0 Å². The van der Waals surface area contributed by atoms with E-state index in [2.05, 4.69) is 15.9 Å². The fraction of sp³-hybridized carbons (Fsp3) is 1.00. The third-order valence-corrected chi connectivity index (χ3v) is 2.45. The van der Waals surface area contributed by atoms with Crippen molar-refractivity contribution >= 4 is 27.0 Å². The Morgan fingerprint density at radius 2 is 2.38 bits per heavy atom. The van der Waals surface area contributed by atoms with E-state index in [4.69, 9.17) is 4.18 Å². The van der Waals surface area contributed by atoms with Gasteiger partial charge in [-0.2, -0.15) is 0 Å². The highest BCUT2D eigenvalue weighted by Crippen LogP contribution is 1.87. The van der Waals surface area contributed by atoms with Crippen LogP contribution in [-0.4, -0.2) is 21.9 Å². The van der Waals surface area contributed by atoms with Crippen LogP contribution in [0.5, 0.6) is 0 Å². The third kappa shape index (κ3) is 4.74. The van der Waals surface area contributed by atoms with E-state index in [1.807, 2.05) is 6.92 Å². The second kappa shape index (κ2) is 5.72. The molecule has 8 heavy (non-hydrogen) atoms. The van der Waals surface area contributed by atoms with Gasteiger partial charge in [-0.05, 0) is 6.92 Å². The maximum absolute atomic E-state index is 10.5. The Morgan fingerprint density at radius 3 is 2.75 bits per heavy atom. The minimum absolute atomic E-state index is 0.527. The lowest BCUT2D eigenvalue weighted by Gasteiger charge is -1.94. The number of halogens is 1. The molecule has 0 radical (unpaired) electrons. The Labute approximate surface area is 60.4 Å². The van der Waals surface area contributed by atoms with Crippen molar-refractivity contribution in [2.45, 2.75) is 6.92 Å². The van der Waals surface area contributed by atoms with E-state index < -0.39 is 11.1 Å². The highest BCUT2D eigenvalue weighted by Gasteiger charge is 1.93. The lowest BCUT2D eigenvalue weighted by atomic mass is 10.9. The molecule has 1 atom stereocenters. The average molecular weight is 201 g/mol. The molecule has 0 aromatic rings. The van der Waals surface area contributed by atoms with Gasteiger partial charge in [0.15, 0.2) is 11.1 Å². The Balaban J connectivity index is 3.06. The lowest BCUT2D eigenvalue weighted by Crippen LogP contribution is -2.01. The second-order valence-electron chi connectivity index (χ2n) is 1.10. The number of hydrogen-bond acceptors (Lipinski definition) is 2. The van der Waals surface area contributed by atoms with Crippen LogP contribution in [0.2, 0.25) is 0 Å². The van der Waals surface area contributed by atoms with Gasteiger partial charge >= 0.3 is 0 Å². The zero-order chi connectivity index (χ0) is 6.41. The zero-order valence-corrected chi connectivity index (χ0v) is 7.13. The van der Waals surface area contributed by atoms with Crippen LogP contribution in [0.4, 0.5) is 0 Å². The molecule has 0 aliphatic rings. The smallest absolute Gasteiger partial charge is 0.156 e. The van der Waals surface area contributed by atoms with Crippen molar-refractivity contribution in [1.82, 2.24) is 0 Å². The van der Waals surface area contributed by atoms with Crippen LogP contribution in [0.3, 0.4) is 0 Å². The SMILES string of the molecule is CCOS(=O)CCBr. The molecule has 2 nitrogen and oxygen atoms in total. The van der Waals surface area contributed by atoms with Crippen LogP contribution in [0.15, 0.2) is 0 Å². The Bertz CT molecular complexity index is 68.4. The number of rotatable bonds is 4. The van der Waals surface area contributed by atoms with Crippen molar-refractivity contribution in [3.63, 3.8) is 0 Å². The molecule has 0 rings (SSSR count). The highest BCUT2D eigenvalue weighted by atomic mass is 79.9. The molecule has 0 amide bonds. The first-order chi connectivity index (χ1) is 3.81. The molecule has 0 spiro atoms. The summed E-state index contributed by atoms with van der Waals surface area (Å²) in [7, 11) is 0. The average Bonchev–Trinajstić information content (AvgIpc) is 1.68. The molecule has 0 fully saturated rings. The zero-order valence-electron chi connectivity index (χ0n) is 4.72. The van der Waals surface area contributed by atoms with Gasteiger partial charge in [-0.3, -0.25) is 4.18 Å². The van der Waals surface area contributed by atoms with Crippen molar-refractivity contribution in [2.24, 2.45) is 0 Å². The van der Waals surface area contributed by atoms with Crippen LogP contribution in [-0.2, 0) is 15.3 Å². The van der Waals surface area contributed by atoms with Gasteiger partial charge in [-0.1, -0.05) is 15.9 Å². The topological polar surface area (TPSA) is 26.3 Å². The van der Waals surface area contributed by atoms with Gasteiger partial charge < -0.3 is 0 Å².